The van der Waals surface area contributed by atoms with Crippen molar-refractivity contribution in [2.45, 2.75) is 6.54 Å². The Morgan fingerprint density at radius 1 is 1.33 bits per heavy atom. The van der Waals surface area contributed by atoms with Crippen LogP contribution in [0, 0.1) is 11.3 Å². The molecule has 1 heterocycles. The fourth-order valence-corrected chi connectivity index (χ4v) is 2.12. The number of nitrogens with two attached hydrogens (primary N) is 1. The molecule has 106 valence electrons. The van der Waals surface area contributed by atoms with Gasteiger partial charge in [0.25, 0.3) is 5.56 Å². The van der Waals surface area contributed by atoms with Gasteiger partial charge in [-0.2, -0.15) is 5.26 Å². The van der Waals surface area contributed by atoms with E-state index in [1.807, 2.05) is 18.2 Å². The molecule has 0 saturated heterocycles. The summed E-state index contributed by atoms with van der Waals surface area (Å²) in [5.74, 6) is 0.718. The Morgan fingerprint density at radius 2 is 2.00 bits per heavy atom. The van der Waals surface area contributed by atoms with Gasteiger partial charge in [0.2, 0.25) is 0 Å². The highest BCUT2D eigenvalue weighted by atomic mass is 32.1. The summed E-state index contributed by atoms with van der Waals surface area (Å²) in [6, 6.07) is 12.3. The summed E-state index contributed by atoms with van der Waals surface area (Å²) in [7, 11) is 1.58. The van der Waals surface area contributed by atoms with Crippen LogP contribution in [0.25, 0.3) is 11.3 Å². The van der Waals surface area contributed by atoms with Gasteiger partial charge in [-0.15, -0.1) is 0 Å². The lowest BCUT2D eigenvalue weighted by Crippen LogP contribution is -2.29. The molecule has 0 aliphatic carbocycles. The van der Waals surface area contributed by atoms with Crippen LogP contribution in [0.2, 0.25) is 0 Å². The quantitative estimate of drug-likeness (QED) is 0.869. The number of nitriles is 1. The molecule has 0 fully saturated rings. The maximum Gasteiger partial charge on any atom is 0.269 e. The number of aromatic nitrogens is 1. The molecule has 0 aliphatic heterocycles. The van der Waals surface area contributed by atoms with E-state index >= 15 is 0 Å². The Balaban J connectivity index is 2.61. The third-order valence-electron chi connectivity index (χ3n) is 2.99. The van der Waals surface area contributed by atoms with E-state index in [-0.39, 0.29) is 17.1 Å². The van der Waals surface area contributed by atoms with Gasteiger partial charge < -0.3 is 15.0 Å². The Hall–Kier alpha value is -2.65. The second-order valence-corrected chi connectivity index (χ2v) is 4.85. The van der Waals surface area contributed by atoms with E-state index in [0.717, 1.165) is 11.3 Å². The number of benzene rings is 1. The van der Waals surface area contributed by atoms with Crippen molar-refractivity contribution in [1.82, 2.24) is 4.57 Å². The molecule has 0 atom stereocenters. The third kappa shape index (κ3) is 3.09. The third-order valence-corrected chi connectivity index (χ3v) is 3.12. The fraction of sp³-hybridized carbons (Fsp3) is 0.133. The van der Waals surface area contributed by atoms with Crippen LogP contribution in [0.1, 0.15) is 5.56 Å². The molecule has 0 unspecified atom stereocenters. The Morgan fingerprint density at radius 3 is 2.52 bits per heavy atom. The van der Waals surface area contributed by atoms with E-state index in [2.05, 4.69) is 0 Å². The van der Waals surface area contributed by atoms with Gasteiger partial charge in [-0.05, 0) is 42.0 Å². The summed E-state index contributed by atoms with van der Waals surface area (Å²) in [5, 5.41) is 8.96. The number of methoxy groups -OCH3 is 1. The van der Waals surface area contributed by atoms with Crippen LogP contribution in [0.4, 0.5) is 0 Å². The molecule has 0 amide bonds. The Kier molecular flexibility index (Phi) is 4.36. The van der Waals surface area contributed by atoms with Gasteiger partial charge in [-0.25, -0.2) is 0 Å². The van der Waals surface area contributed by atoms with Crippen molar-refractivity contribution in [3.63, 3.8) is 0 Å². The minimum atomic E-state index is -0.404. The Labute approximate surface area is 127 Å². The van der Waals surface area contributed by atoms with Gasteiger partial charge in [0.05, 0.1) is 24.3 Å². The first kappa shape index (κ1) is 14.8. The second kappa shape index (κ2) is 6.20. The van der Waals surface area contributed by atoms with Crippen LogP contribution in [0.3, 0.4) is 0 Å². The summed E-state index contributed by atoms with van der Waals surface area (Å²) >= 11 is 4.88. The van der Waals surface area contributed by atoms with Crippen molar-refractivity contribution >= 4 is 17.2 Å². The summed E-state index contributed by atoms with van der Waals surface area (Å²) in [4.78, 5) is 12.4. The monoisotopic (exact) mass is 299 g/mol. The average Bonchev–Trinajstić information content (AvgIpc) is 2.49. The first-order valence-electron chi connectivity index (χ1n) is 6.13. The van der Waals surface area contributed by atoms with E-state index < -0.39 is 5.56 Å². The van der Waals surface area contributed by atoms with Crippen LogP contribution < -0.4 is 16.0 Å². The summed E-state index contributed by atoms with van der Waals surface area (Å²) in [6.07, 6.45) is 0. The highest BCUT2D eigenvalue weighted by Gasteiger charge is 2.11. The molecule has 21 heavy (non-hydrogen) atoms. The van der Waals surface area contributed by atoms with E-state index in [1.165, 1.54) is 10.6 Å². The number of pyridine rings is 1. The predicted octanol–water partition coefficient (Wildman–Crippen LogP) is 1.68. The summed E-state index contributed by atoms with van der Waals surface area (Å²) in [5.41, 5.74) is 6.66. The molecule has 0 saturated carbocycles. The molecule has 1 aromatic heterocycles. The van der Waals surface area contributed by atoms with Crippen molar-refractivity contribution in [3.8, 4) is 23.1 Å². The minimum Gasteiger partial charge on any atom is -0.497 e. The van der Waals surface area contributed by atoms with Crippen LogP contribution in [0.15, 0.2) is 41.2 Å². The zero-order valence-corrected chi connectivity index (χ0v) is 12.2. The molecule has 5 nitrogen and oxygen atoms in total. The van der Waals surface area contributed by atoms with E-state index in [1.54, 1.807) is 25.3 Å². The number of hydrogen-bond acceptors (Lipinski definition) is 4. The topological polar surface area (TPSA) is 81.0 Å². The molecule has 0 aliphatic rings. The largest absolute Gasteiger partial charge is 0.497 e. The zero-order valence-electron chi connectivity index (χ0n) is 11.4. The molecule has 0 spiro atoms. The normalized spacial score (nSPS) is 9.90. The first-order valence-corrected chi connectivity index (χ1v) is 6.54. The van der Waals surface area contributed by atoms with Gasteiger partial charge in [0.1, 0.15) is 17.4 Å². The highest BCUT2D eigenvalue weighted by Crippen LogP contribution is 2.21. The van der Waals surface area contributed by atoms with Gasteiger partial charge in [-0.1, -0.05) is 12.2 Å². The SMILES string of the molecule is COc1ccc(-c2ccc(C#N)c(=O)n2CC(N)=S)cc1. The lowest BCUT2D eigenvalue weighted by Gasteiger charge is -2.13. The van der Waals surface area contributed by atoms with Gasteiger partial charge >= 0.3 is 0 Å². The molecule has 6 heteroatoms. The number of ether oxygens (including phenoxy) is 1. The summed E-state index contributed by atoms with van der Waals surface area (Å²) < 4.78 is 6.51. The molecule has 2 rings (SSSR count). The predicted molar refractivity (Wildman–Crippen MR) is 84.2 cm³/mol. The van der Waals surface area contributed by atoms with Gasteiger partial charge in [0.15, 0.2) is 0 Å². The Bertz CT molecular complexity index is 773. The van der Waals surface area contributed by atoms with Gasteiger partial charge in [-0.3, -0.25) is 4.79 Å². The molecule has 0 bridgehead atoms. The van der Waals surface area contributed by atoms with Crippen molar-refractivity contribution in [2.75, 3.05) is 7.11 Å². The van der Waals surface area contributed by atoms with Gasteiger partial charge in [0, 0.05) is 0 Å². The molecular formula is C15H13N3O2S. The maximum absolute atomic E-state index is 12.3. The maximum atomic E-state index is 12.3. The molecule has 2 N–H and O–H groups in total. The van der Waals surface area contributed by atoms with Crippen molar-refractivity contribution < 1.29 is 4.74 Å². The highest BCUT2D eigenvalue weighted by molar-refractivity contribution is 7.80. The smallest absolute Gasteiger partial charge is 0.269 e. The van der Waals surface area contributed by atoms with Crippen LogP contribution in [-0.4, -0.2) is 16.7 Å². The fourth-order valence-electron chi connectivity index (χ4n) is 1.99. The molecule has 0 radical (unpaired) electrons. The number of hydrogen-bond donors (Lipinski definition) is 1. The molecule has 2 aromatic rings. The van der Waals surface area contributed by atoms with Crippen molar-refractivity contribution in [1.29, 1.82) is 5.26 Å². The zero-order chi connectivity index (χ0) is 15.4. The standard InChI is InChI=1S/C15H13N3O2S/c1-20-12-5-2-10(3-6-12)13-7-4-11(8-16)15(19)18(13)9-14(17)21/h2-7H,9H2,1H3,(H2,17,21). The van der Waals surface area contributed by atoms with Crippen LogP contribution >= 0.6 is 12.2 Å². The summed E-state index contributed by atoms with van der Waals surface area (Å²) in [6.45, 7) is 0.0883. The van der Waals surface area contributed by atoms with Crippen LogP contribution in [0.5, 0.6) is 5.75 Å². The average molecular weight is 299 g/mol. The van der Waals surface area contributed by atoms with E-state index in [9.17, 15) is 4.79 Å². The molecule has 1 aromatic carbocycles. The first-order chi connectivity index (χ1) is 10.1. The number of thiocarbonyl (C=S) groups is 1. The van der Waals surface area contributed by atoms with Crippen molar-refractivity contribution in [3.05, 3.63) is 52.3 Å². The lowest BCUT2D eigenvalue weighted by atomic mass is 10.1. The minimum absolute atomic E-state index is 0.0588. The van der Waals surface area contributed by atoms with E-state index in [4.69, 9.17) is 28.0 Å². The van der Waals surface area contributed by atoms with Crippen LogP contribution in [-0.2, 0) is 6.54 Å². The molecular weight excluding hydrogens is 286 g/mol. The van der Waals surface area contributed by atoms with Crippen molar-refractivity contribution in [2.24, 2.45) is 5.73 Å². The van der Waals surface area contributed by atoms with E-state index in [0.29, 0.717) is 5.69 Å². The second-order valence-electron chi connectivity index (χ2n) is 4.33. The lowest BCUT2D eigenvalue weighted by molar-refractivity contribution is 0.415. The number of rotatable bonds is 4. The number of nitrogens with zero attached hydrogens (tertiary/aromatic N) is 2.